The Labute approximate surface area is 216 Å². The molecule has 0 saturated heterocycles. The predicted molar refractivity (Wildman–Crippen MR) is 154 cm³/mol. The molecule has 0 radical (unpaired) electrons. The molecular formula is C32H64N2. The Kier molecular flexibility index (Phi) is 22.2. The van der Waals surface area contributed by atoms with Gasteiger partial charge in [-0.05, 0) is 19.3 Å². The summed E-state index contributed by atoms with van der Waals surface area (Å²) in [6.45, 7) is 9.47. The monoisotopic (exact) mass is 477 g/mol. The van der Waals surface area contributed by atoms with Crippen molar-refractivity contribution in [3.05, 3.63) is 12.4 Å². The normalized spacial score (nSPS) is 14.1. The van der Waals surface area contributed by atoms with Gasteiger partial charge in [-0.15, -0.1) is 0 Å². The van der Waals surface area contributed by atoms with Crippen molar-refractivity contribution in [2.24, 2.45) is 0 Å². The van der Waals surface area contributed by atoms with Crippen LogP contribution in [-0.2, 0) is 0 Å². The van der Waals surface area contributed by atoms with E-state index in [9.17, 15) is 0 Å². The summed E-state index contributed by atoms with van der Waals surface area (Å²) in [6, 6.07) is 0. The summed E-state index contributed by atoms with van der Waals surface area (Å²) in [6.07, 6.45) is 39.6. The maximum atomic E-state index is 2.65. The maximum Gasteiger partial charge on any atom is 0.101 e. The highest BCUT2D eigenvalue weighted by atomic mass is 15.4. The van der Waals surface area contributed by atoms with Crippen LogP contribution in [0.2, 0.25) is 0 Å². The average molecular weight is 477 g/mol. The van der Waals surface area contributed by atoms with E-state index < -0.39 is 0 Å². The van der Waals surface area contributed by atoms with Crippen LogP contribution < -0.4 is 0 Å². The van der Waals surface area contributed by atoms with Crippen LogP contribution in [0.5, 0.6) is 0 Å². The molecule has 1 aliphatic heterocycles. The van der Waals surface area contributed by atoms with Crippen molar-refractivity contribution in [2.45, 2.75) is 181 Å². The minimum atomic E-state index is 0.635. The smallest absolute Gasteiger partial charge is 0.101 e. The fourth-order valence-corrected chi connectivity index (χ4v) is 5.51. The molecule has 0 spiro atoms. The third kappa shape index (κ3) is 16.9. The second-order valence-electron chi connectivity index (χ2n) is 11.1. The minimum Gasteiger partial charge on any atom is -0.356 e. The van der Waals surface area contributed by atoms with E-state index in [1.807, 2.05) is 0 Å². The van der Waals surface area contributed by atoms with Crippen LogP contribution in [0.1, 0.15) is 175 Å². The van der Waals surface area contributed by atoms with Crippen LogP contribution in [0.4, 0.5) is 0 Å². The van der Waals surface area contributed by atoms with Gasteiger partial charge in [0, 0.05) is 25.5 Å². The van der Waals surface area contributed by atoms with E-state index in [1.165, 1.54) is 167 Å². The lowest BCUT2D eigenvalue weighted by Crippen LogP contribution is -2.39. The summed E-state index contributed by atoms with van der Waals surface area (Å²) in [5.74, 6) is 0. The summed E-state index contributed by atoms with van der Waals surface area (Å²) in [7, 11) is 0. The highest BCUT2D eigenvalue weighted by Crippen LogP contribution is 2.22. The zero-order valence-corrected chi connectivity index (χ0v) is 24.0. The Morgan fingerprint density at radius 2 is 0.676 bits per heavy atom. The quantitative estimate of drug-likeness (QED) is 0.114. The summed E-state index contributed by atoms with van der Waals surface area (Å²) in [5, 5.41) is 0. The minimum absolute atomic E-state index is 0.635. The number of hydrogen-bond donors (Lipinski definition) is 0. The molecule has 34 heavy (non-hydrogen) atoms. The Bertz CT molecular complexity index is 397. The van der Waals surface area contributed by atoms with Crippen molar-refractivity contribution < 1.29 is 0 Å². The van der Waals surface area contributed by atoms with E-state index in [-0.39, 0.29) is 0 Å². The molecule has 0 aromatic heterocycles. The first kappa shape index (κ1) is 31.4. The lowest BCUT2D eigenvalue weighted by molar-refractivity contribution is 0.138. The van der Waals surface area contributed by atoms with Crippen molar-refractivity contribution in [3.8, 4) is 0 Å². The second-order valence-corrected chi connectivity index (χ2v) is 11.1. The molecule has 0 bridgehead atoms. The topological polar surface area (TPSA) is 6.48 Å². The molecule has 202 valence electrons. The van der Waals surface area contributed by atoms with Crippen molar-refractivity contribution in [1.29, 1.82) is 0 Å². The summed E-state index contributed by atoms with van der Waals surface area (Å²) in [4.78, 5) is 5.30. The highest BCUT2D eigenvalue weighted by molar-refractivity contribution is 4.96. The van der Waals surface area contributed by atoms with Gasteiger partial charge in [0.15, 0.2) is 0 Å². The maximum absolute atomic E-state index is 2.65. The van der Waals surface area contributed by atoms with Crippen LogP contribution in [0.25, 0.3) is 0 Å². The third-order valence-corrected chi connectivity index (χ3v) is 7.80. The largest absolute Gasteiger partial charge is 0.356 e. The van der Waals surface area contributed by atoms with Gasteiger partial charge in [0.25, 0.3) is 0 Å². The zero-order chi connectivity index (χ0) is 24.5. The molecule has 0 atom stereocenters. The zero-order valence-electron chi connectivity index (χ0n) is 24.0. The molecule has 0 unspecified atom stereocenters. The summed E-state index contributed by atoms with van der Waals surface area (Å²) < 4.78 is 0. The Hall–Kier alpha value is -0.660. The molecule has 2 heteroatoms. The molecular weight excluding hydrogens is 412 g/mol. The van der Waals surface area contributed by atoms with Gasteiger partial charge in [-0.25, -0.2) is 0 Å². The first-order valence-electron chi connectivity index (χ1n) is 16.0. The molecule has 0 aromatic carbocycles. The van der Waals surface area contributed by atoms with Crippen molar-refractivity contribution >= 4 is 0 Å². The van der Waals surface area contributed by atoms with Crippen LogP contribution in [0, 0.1) is 0 Å². The fraction of sp³-hybridized carbons (Fsp3) is 0.938. The highest BCUT2D eigenvalue weighted by Gasteiger charge is 2.24. The van der Waals surface area contributed by atoms with E-state index in [4.69, 9.17) is 0 Å². The van der Waals surface area contributed by atoms with Gasteiger partial charge in [-0.2, -0.15) is 0 Å². The molecule has 2 nitrogen and oxygen atoms in total. The first-order valence-corrected chi connectivity index (χ1v) is 16.0. The van der Waals surface area contributed by atoms with Crippen LogP contribution in [0.3, 0.4) is 0 Å². The first-order chi connectivity index (χ1) is 16.8. The predicted octanol–water partition coefficient (Wildman–Crippen LogP) is 10.8. The number of unbranched alkanes of at least 4 members (excludes halogenated alkanes) is 20. The SMILES string of the molecule is CCCCCCCCCCCCCN1C=CN(CCCCCCCCCCCCC)C1CCC. The Balaban J connectivity index is 2.01. The van der Waals surface area contributed by atoms with Crippen molar-refractivity contribution in [1.82, 2.24) is 9.80 Å². The Morgan fingerprint density at radius 3 is 0.971 bits per heavy atom. The second kappa shape index (κ2) is 24.1. The van der Waals surface area contributed by atoms with Gasteiger partial charge in [0.05, 0.1) is 0 Å². The Morgan fingerprint density at radius 1 is 0.382 bits per heavy atom. The molecule has 1 heterocycles. The van der Waals surface area contributed by atoms with E-state index in [2.05, 4.69) is 43.0 Å². The fourth-order valence-electron chi connectivity index (χ4n) is 5.51. The van der Waals surface area contributed by atoms with E-state index in [0.29, 0.717) is 6.17 Å². The molecule has 1 aliphatic rings. The summed E-state index contributed by atoms with van der Waals surface area (Å²) in [5.41, 5.74) is 0. The third-order valence-electron chi connectivity index (χ3n) is 7.80. The molecule has 0 N–H and O–H groups in total. The molecule has 1 rings (SSSR count). The van der Waals surface area contributed by atoms with Gasteiger partial charge in [-0.1, -0.05) is 156 Å². The number of nitrogens with zero attached hydrogens (tertiary/aromatic N) is 2. The summed E-state index contributed by atoms with van der Waals surface area (Å²) >= 11 is 0. The molecule has 0 aromatic rings. The molecule has 0 fully saturated rings. The van der Waals surface area contributed by atoms with Gasteiger partial charge in [0.2, 0.25) is 0 Å². The lowest BCUT2D eigenvalue weighted by Gasteiger charge is -2.33. The number of hydrogen-bond acceptors (Lipinski definition) is 2. The van der Waals surface area contributed by atoms with Gasteiger partial charge >= 0.3 is 0 Å². The molecule has 0 saturated carbocycles. The van der Waals surface area contributed by atoms with Crippen molar-refractivity contribution in [3.63, 3.8) is 0 Å². The van der Waals surface area contributed by atoms with Crippen LogP contribution >= 0.6 is 0 Å². The van der Waals surface area contributed by atoms with E-state index in [0.717, 1.165) is 0 Å². The average Bonchev–Trinajstić information content (AvgIpc) is 3.22. The van der Waals surface area contributed by atoms with Crippen molar-refractivity contribution in [2.75, 3.05) is 13.1 Å². The van der Waals surface area contributed by atoms with Gasteiger partial charge in [0.1, 0.15) is 6.17 Å². The van der Waals surface area contributed by atoms with E-state index in [1.54, 1.807) is 0 Å². The molecule has 0 amide bonds. The number of rotatable bonds is 26. The van der Waals surface area contributed by atoms with Gasteiger partial charge < -0.3 is 9.80 Å². The van der Waals surface area contributed by atoms with Crippen LogP contribution in [0.15, 0.2) is 12.4 Å². The molecule has 0 aliphatic carbocycles. The van der Waals surface area contributed by atoms with Gasteiger partial charge in [-0.3, -0.25) is 0 Å². The standard InChI is InChI=1S/C32H64N2/c1-4-7-9-11-13-15-17-19-21-23-25-28-33-30-31-34(32(33)27-6-3)29-26-24-22-20-18-16-14-12-10-8-5-2/h30-32H,4-29H2,1-3H3. The lowest BCUT2D eigenvalue weighted by atomic mass is 10.1. The van der Waals surface area contributed by atoms with Crippen LogP contribution in [-0.4, -0.2) is 29.1 Å². The van der Waals surface area contributed by atoms with E-state index >= 15 is 0 Å².